The molecule has 0 aromatic carbocycles. The zero-order valence-corrected chi connectivity index (χ0v) is 13.2. The lowest BCUT2D eigenvalue weighted by atomic mass is 9.96. The summed E-state index contributed by atoms with van der Waals surface area (Å²) < 4.78 is 3.80. The largest absolute Gasteiger partial charge is 0.328 e. The lowest BCUT2D eigenvalue weighted by Gasteiger charge is -2.24. The third-order valence-electron chi connectivity index (χ3n) is 4.13. The number of nitrogens with one attached hydrogen (secondary N) is 1. The van der Waals surface area contributed by atoms with Crippen LogP contribution in [0.4, 0.5) is 5.82 Å². The van der Waals surface area contributed by atoms with Gasteiger partial charge in [-0.3, -0.25) is 4.79 Å². The molecule has 22 heavy (non-hydrogen) atoms. The van der Waals surface area contributed by atoms with E-state index in [9.17, 15) is 4.79 Å². The van der Waals surface area contributed by atoms with E-state index in [-0.39, 0.29) is 12.5 Å². The Labute approximate surface area is 130 Å². The quantitative estimate of drug-likeness (QED) is 0.944. The first kappa shape index (κ1) is 14.8. The fraction of sp³-hybridized carbons (Fsp3) is 0.562. The number of rotatable bonds is 4. The van der Waals surface area contributed by atoms with E-state index in [0.717, 1.165) is 30.0 Å². The maximum absolute atomic E-state index is 12.2. The van der Waals surface area contributed by atoms with Crippen LogP contribution in [0.2, 0.25) is 0 Å². The van der Waals surface area contributed by atoms with E-state index in [1.54, 1.807) is 10.9 Å². The number of hydrogen-bond donors (Lipinski definition) is 1. The predicted molar refractivity (Wildman–Crippen MR) is 84.7 cm³/mol. The third-order valence-corrected chi connectivity index (χ3v) is 4.13. The van der Waals surface area contributed by atoms with Gasteiger partial charge in [-0.15, -0.1) is 0 Å². The van der Waals surface area contributed by atoms with E-state index in [1.807, 2.05) is 30.8 Å². The van der Waals surface area contributed by atoms with Crippen LogP contribution in [0.15, 0.2) is 18.6 Å². The monoisotopic (exact) mass is 301 g/mol. The minimum Gasteiger partial charge on any atom is -0.328 e. The Bertz CT molecular complexity index is 651. The molecular weight excluding hydrogens is 278 g/mol. The van der Waals surface area contributed by atoms with E-state index < -0.39 is 0 Å². The molecular formula is C16H23N5O. The highest BCUT2D eigenvalue weighted by Gasteiger charge is 2.20. The van der Waals surface area contributed by atoms with Gasteiger partial charge < -0.3 is 9.88 Å². The van der Waals surface area contributed by atoms with Crippen molar-refractivity contribution < 1.29 is 4.79 Å². The fourth-order valence-corrected chi connectivity index (χ4v) is 3.12. The normalized spacial score (nSPS) is 15.9. The van der Waals surface area contributed by atoms with E-state index in [4.69, 9.17) is 0 Å². The fourth-order valence-electron chi connectivity index (χ4n) is 3.12. The van der Waals surface area contributed by atoms with Crippen LogP contribution in [0.25, 0.3) is 0 Å². The van der Waals surface area contributed by atoms with Crippen LogP contribution in [0.1, 0.15) is 49.5 Å². The van der Waals surface area contributed by atoms with Gasteiger partial charge in [-0.1, -0.05) is 19.3 Å². The maximum atomic E-state index is 12.2. The number of imidazole rings is 1. The van der Waals surface area contributed by atoms with Crippen molar-refractivity contribution in [3.8, 4) is 0 Å². The maximum Gasteiger partial charge on any atom is 0.245 e. The second-order valence-electron chi connectivity index (χ2n) is 6.14. The summed E-state index contributed by atoms with van der Waals surface area (Å²) in [6.45, 7) is 4.15. The van der Waals surface area contributed by atoms with E-state index in [1.165, 1.54) is 19.3 Å². The van der Waals surface area contributed by atoms with Gasteiger partial charge in [0.2, 0.25) is 5.91 Å². The van der Waals surface area contributed by atoms with Crippen LogP contribution in [-0.2, 0) is 11.3 Å². The van der Waals surface area contributed by atoms with Gasteiger partial charge in [0.25, 0.3) is 0 Å². The summed E-state index contributed by atoms with van der Waals surface area (Å²) in [5.41, 5.74) is 1.86. The summed E-state index contributed by atoms with van der Waals surface area (Å²) in [4.78, 5) is 16.4. The molecule has 2 aromatic heterocycles. The first-order valence-electron chi connectivity index (χ1n) is 7.96. The van der Waals surface area contributed by atoms with Gasteiger partial charge in [0.1, 0.15) is 12.4 Å². The zero-order valence-electron chi connectivity index (χ0n) is 13.2. The zero-order chi connectivity index (χ0) is 15.5. The van der Waals surface area contributed by atoms with Crippen molar-refractivity contribution in [3.05, 3.63) is 30.0 Å². The van der Waals surface area contributed by atoms with Crippen molar-refractivity contribution >= 4 is 11.7 Å². The van der Waals surface area contributed by atoms with E-state index in [2.05, 4.69) is 15.4 Å². The smallest absolute Gasteiger partial charge is 0.245 e. The molecule has 1 aliphatic carbocycles. The van der Waals surface area contributed by atoms with E-state index in [0.29, 0.717) is 6.04 Å². The number of carbonyl (C=O) groups is 1. The molecule has 1 amide bonds. The minimum atomic E-state index is -0.0469. The van der Waals surface area contributed by atoms with Gasteiger partial charge in [0.05, 0.1) is 23.8 Å². The number of anilines is 1. The Hall–Kier alpha value is -2.11. The Balaban J connectivity index is 1.70. The highest BCUT2D eigenvalue weighted by molar-refractivity contribution is 5.89. The molecule has 2 aromatic rings. The lowest BCUT2D eigenvalue weighted by molar-refractivity contribution is -0.116. The van der Waals surface area contributed by atoms with Crippen molar-refractivity contribution in [3.63, 3.8) is 0 Å². The number of amides is 1. The summed E-state index contributed by atoms with van der Waals surface area (Å²) in [6.07, 6.45) is 9.62. The van der Waals surface area contributed by atoms with Crippen molar-refractivity contribution in [2.45, 2.75) is 58.5 Å². The Morgan fingerprint density at radius 1 is 1.27 bits per heavy atom. The van der Waals surface area contributed by atoms with Gasteiger partial charge in [-0.25, -0.2) is 9.67 Å². The van der Waals surface area contributed by atoms with Crippen LogP contribution in [-0.4, -0.2) is 25.2 Å². The van der Waals surface area contributed by atoms with Crippen LogP contribution >= 0.6 is 0 Å². The summed E-state index contributed by atoms with van der Waals surface area (Å²) in [6, 6.07) is 2.36. The average molecular weight is 301 g/mol. The summed E-state index contributed by atoms with van der Waals surface area (Å²) in [5, 5.41) is 7.58. The molecule has 0 atom stereocenters. The summed E-state index contributed by atoms with van der Waals surface area (Å²) in [5.74, 6) is 0.764. The lowest BCUT2D eigenvalue weighted by Crippen LogP contribution is -2.22. The molecule has 0 radical (unpaired) electrons. The molecule has 0 spiro atoms. The third kappa shape index (κ3) is 3.37. The van der Waals surface area contributed by atoms with Crippen molar-refractivity contribution in [1.82, 2.24) is 19.3 Å². The molecule has 1 saturated carbocycles. The highest BCUT2D eigenvalue weighted by Crippen LogP contribution is 2.30. The Morgan fingerprint density at radius 3 is 2.73 bits per heavy atom. The molecule has 0 unspecified atom stereocenters. The Kier molecular flexibility index (Phi) is 4.27. The van der Waals surface area contributed by atoms with Crippen LogP contribution in [0.5, 0.6) is 0 Å². The number of nitrogens with zero attached hydrogens (tertiary/aromatic N) is 4. The Morgan fingerprint density at radius 2 is 2.05 bits per heavy atom. The van der Waals surface area contributed by atoms with Gasteiger partial charge in [0, 0.05) is 12.3 Å². The molecule has 0 bridgehead atoms. The number of aryl methyl sites for hydroxylation is 2. The van der Waals surface area contributed by atoms with Gasteiger partial charge in [-0.2, -0.15) is 5.10 Å². The van der Waals surface area contributed by atoms with Gasteiger partial charge in [0.15, 0.2) is 0 Å². The molecule has 0 aliphatic heterocycles. The highest BCUT2D eigenvalue weighted by atomic mass is 16.2. The summed E-state index contributed by atoms with van der Waals surface area (Å²) >= 11 is 0. The van der Waals surface area contributed by atoms with Crippen molar-refractivity contribution in [2.75, 3.05) is 5.32 Å². The number of aromatic nitrogens is 4. The first-order chi connectivity index (χ1) is 10.6. The predicted octanol–water partition coefficient (Wildman–Crippen LogP) is 2.84. The van der Waals surface area contributed by atoms with Crippen LogP contribution in [0, 0.1) is 13.8 Å². The first-order valence-corrected chi connectivity index (χ1v) is 7.96. The van der Waals surface area contributed by atoms with Gasteiger partial charge in [-0.05, 0) is 26.7 Å². The van der Waals surface area contributed by atoms with Crippen LogP contribution < -0.4 is 5.32 Å². The molecule has 118 valence electrons. The molecule has 0 saturated heterocycles. The molecule has 6 nitrogen and oxygen atoms in total. The summed E-state index contributed by atoms with van der Waals surface area (Å²) in [7, 11) is 0. The molecule has 2 heterocycles. The number of carbonyl (C=O) groups excluding carboxylic acids is 1. The van der Waals surface area contributed by atoms with Crippen LogP contribution in [0.3, 0.4) is 0 Å². The number of hydrogen-bond acceptors (Lipinski definition) is 3. The van der Waals surface area contributed by atoms with Gasteiger partial charge >= 0.3 is 0 Å². The SMILES string of the molecule is Cc1cn(CC(=O)Nc2cc(C)nn2C2CCCCC2)cn1. The van der Waals surface area contributed by atoms with Crippen molar-refractivity contribution in [1.29, 1.82) is 0 Å². The topological polar surface area (TPSA) is 64.7 Å². The second-order valence-corrected chi connectivity index (χ2v) is 6.14. The molecule has 1 fully saturated rings. The standard InChI is InChI=1S/C16H23N5O/c1-12-8-15(21(19-12)14-6-4-3-5-7-14)18-16(22)10-20-9-13(2)17-11-20/h8-9,11,14H,3-7,10H2,1-2H3,(H,18,22). The average Bonchev–Trinajstić information content (AvgIpc) is 3.06. The minimum absolute atomic E-state index is 0.0469. The molecule has 3 rings (SSSR count). The molecule has 6 heteroatoms. The molecule has 1 N–H and O–H groups in total. The second kappa shape index (κ2) is 6.34. The van der Waals surface area contributed by atoms with E-state index >= 15 is 0 Å². The molecule has 1 aliphatic rings. The van der Waals surface area contributed by atoms with Crippen molar-refractivity contribution in [2.24, 2.45) is 0 Å².